The Bertz CT molecular complexity index is 1060. The van der Waals surface area contributed by atoms with Crippen molar-refractivity contribution in [3.8, 4) is 5.75 Å². The van der Waals surface area contributed by atoms with Crippen LogP contribution in [0.25, 0.3) is 21.5 Å². The summed E-state index contributed by atoms with van der Waals surface area (Å²) in [6.07, 6.45) is 3.33. The molecule has 0 saturated carbocycles. The molecule has 25 heavy (non-hydrogen) atoms. The molecule has 4 aromatic rings. The van der Waals surface area contributed by atoms with Crippen LogP contribution in [0.5, 0.6) is 5.75 Å². The fourth-order valence-corrected chi connectivity index (χ4v) is 2.97. The second kappa shape index (κ2) is 6.57. The van der Waals surface area contributed by atoms with Crippen molar-refractivity contribution >= 4 is 34.0 Å². The van der Waals surface area contributed by atoms with Gasteiger partial charge in [0, 0.05) is 11.1 Å². The van der Waals surface area contributed by atoms with E-state index in [4.69, 9.17) is 0 Å². The molecular weight excluding hydrogens is 308 g/mol. The summed E-state index contributed by atoms with van der Waals surface area (Å²) in [5.41, 5.74) is 1.69. The van der Waals surface area contributed by atoms with E-state index in [0.29, 0.717) is 5.56 Å². The van der Waals surface area contributed by atoms with Crippen molar-refractivity contribution in [2.24, 2.45) is 10.2 Å². The molecule has 3 nitrogen and oxygen atoms in total. The van der Waals surface area contributed by atoms with E-state index in [2.05, 4.69) is 40.5 Å². The van der Waals surface area contributed by atoms with Crippen LogP contribution in [0.1, 0.15) is 11.1 Å². The van der Waals surface area contributed by atoms with Crippen molar-refractivity contribution < 1.29 is 5.11 Å². The van der Waals surface area contributed by atoms with E-state index in [1.807, 2.05) is 30.3 Å². The molecule has 0 fully saturated rings. The fraction of sp³-hybridized carbons (Fsp3) is 0. The first-order valence-corrected chi connectivity index (χ1v) is 8.08. The molecule has 0 aliphatic carbocycles. The summed E-state index contributed by atoms with van der Waals surface area (Å²) in [7, 11) is 0. The van der Waals surface area contributed by atoms with Crippen molar-refractivity contribution in [3.63, 3.8) is 0 Å². The third-order valence-electron chi connectivity index (χ3n) is 4.20. The lowest BCUT2D eigenvalue weighted by Gasteiger charge is -2.07. The summed E-state index contributed by atoms with van der Waals surface area (Å²) in [6, 6.07) is 25.8. The number of para-hydroxylation sites is 1. The van der Waals surface area contributed by atoms with E-state index < -0.39 is 0 Å². The van der Waals surface area contributed by atoms with Gasteiger partial charge >= 0.3 is 0 Å². The molecule has 4 aromatic carbocycles. The van der Waals surface area contributed by atoms with Crippen LogP contribution in [-0.4, -0.2) is 17.5 Å². The summed E-state index contributed by atoms with van der Waals surface area (Å²) in [6.45, 7) is 0. The smallest absolute Gasteiger partial charge is 0.124 e. The molecule has 3 heteroatoms. The molecule has 120 valence electrons. The molecule has 0 aliphatic heterocycles. The van der Waals surface area contributed by atoms with Gasteiger partial charge in [-0.25, -0.2) is 0 Å². The van der Waals surface area contributed by atoms with Gasteiger partial charge in [-0.15, -0.1) is 0 Å². The minimum atomic E-state index is 0.192. The standard InChI is InChI=1S/C22H16N2O/c25-22-12-6-3-9-18(22)14-23-24-15-21-19-10-4-1-7-16(19)13-17-8-2-5-11-20(17)21/h1-15,25H/b23-14-,24-15-. The Morgan fingerprint density at radius 2 is 1.20 bits per heavy atom. The first-order valence-electron chi connectivity index (χ1n) is 8.08. The highest BCUT2D eigenvalue weighted by Crippen LogP contribution is 2.27. The van der Waals surface area contributed by atoms with Crippen molar-refractivity contribution in [3.05, 3.63) is 90.0 Å². The first-order chi connectivity index (χ1) is 12.3. The molecule has 0 aliphatic rings. The second-order valence-corrected chi connectivity index (χ2v) is 5.78. The average molecular weight is 324 g/mol. The zero-order valence-electron chi connectivity index (χ0n) is 13.5. The maximum atomic E-state index is 9.77. The third-order valence-corrected chi connectivity index (χ3v) is 4.20. The molecule has 0 bridgehead atoms. The van der Waals surface area contributed by atoms with Crippen molar-refractivity contribution in [2.75, 3.05) is 0 Å². The Kier molecular flexibility index (Phi) is 3.97. The van der Waals surface area contributed by atoms with Gasteiger partial charge in [0.2, 0.25) is 0 Å². The van der Waals surface area contributed by atoms with Gasteiger partial charge in [0.05, 0.1) is 12.4 Å². The van der Waals surface area contributed by atoms with E-state index in [1.54, 1.807) is 30.6 Å². The third kappa shape index (κ3) is 3.00. The number of hydrogen-bond donors (Lipinski definition) is 1. The number of nitrogens with zero attached hydrogens (tertiary/aromatic N) is 2. The maximum Gasteiger partial charge on any atom is 0.124 e. The van der Waals surface area contributed by atoms with Crippen LogP contribution in [0, 0.1) is 0 Å². The molecule has 0 unspecified atom stereocenters. The van der Waals surface area contributed by atoms with E-state index in [0.717, 1.165) is 16.3 Å². The average Bonchev–Trinajstić information content (AvgIpc) is 2.65. The Hall–Kier alpha value is -3.46. The first kappa shape index (κ1) is 15.1. The maximum absolute atomic E-state index is 9.77. The minimum absolute atomic E-state index is 0.192. The van der Waals surface area contributed by atoms with Gasteiger partial charge in [-0.1, -0.05) is 60.7 Å². The number of phenolic OH excluding ortho intramolecular Hbond substituents is 1. The molecule has 0 saturated heterocycles. The SMILES string of the molecule is Oc1ccccc1/C=N\N=C/c1c2ccccc2cc2ccccc12. The van der Waals surface area contributed by atoms with Crippen LogP contribution in [0.3, 0.4) is 0 Å². The number of fused-ring (bicyclic) bond motifs is 2. The topological polar surface area (TPSA) is 45.0 Å². The van der Waals surface area contributed by atoms with Gasteiger partial charge < -0.3 is 5.11 Å². The van der Waals surface area contributed by atoms with Crippen molar-refractivity contribution in [1.82, 2.24) is 0 Å². The highest BCUT2D eigenvalue weighted by molar-refractivity contribution is 6.13. The summed E-state index contributed by atoms with van der Waals surface area (Å²) in [5.74, 6) is 0.192. The van der Waals surface area contributed by atoms with Crippen LogP contribution in [-0.2, 0) is 0 Å². The summed E-state index contributed by atoms with van der Waals surface area (Å²) >= 11 is 0. The summed E-state index contributed by atoms with van der Waals surface area (Å²) in [5, 5.41) is 22.7. The van der Waals surface area contributed by atoms with Gasteiger partial charge in [-0.05, 0) is 39.7 Å². The molecule has 0 amide bonds. The zero-order chi connectivity index (χ0) is 17.1. The minimum Gasteiger partial charge on any atom is -0.507 e. The van der Waals surface area contributed by atoms with Gasteiger partial charge in [0.1, 0.15) is 5.75 Å². The number of aromatic hydroxyl groups is 1. The summed E-state index contributed by atoms with van der Waals surface area (Å²) in [4.78, 5) is 0. The Morgan fingerprint density at radius 1 is 0.640 bits per heavy atom. The van der Waals surface area contributed by atoms with Gasteiger partial charge in [0.25, 0.3) is 0 Å². The Labute approximate surface area is 145 Å². The van der Waals surface area contributed by atoms with Crippen LogP contribution < -0.4 is 0 Å². The predicted octanol–water partition coefficient (Wildman–Crippen LogP) is 5.15. The lowest BCUT2D eigenvalue weighted by molar-refractivity contribution is 0.474. The number of hydrogen-bond acceptors (Lipinski definition) is 3. The van der Waals surface area contributed by atoms with E-state index in [-0.39, 0.29) is 5.75 Å². The molecule has 0 aromatic heterocycles. The molecule has 0 spiro atoms. The largest absolute Gasteiger partial charge is 0.507 e. The summed E-state index contributed by atoms with van der Waals surface area (Å²) < 4.78 is 0. The van der Waals surface area contributed by atoms with Crippen LogP contribution >= 0.6 is 0 Å². The molecule has 4 rings (SSSR count). The fourth-order valence-electron chi connectivity index (χ4n) is 2.97. The van der Waals surface area contributed by atoms with E-state index >= 15 is 0 Å². The van der Waals surface area contributed by atoms with Gasteiger partial charge in [-0.2, -0.15) is 10.2 Å². The van der Waals surface area contributed by atoms with Crippen molar-refractivity contribution in [2.45, 2.75) is 0 Å². The molecule has 0 atom stereocenters. The predicted molar refractivity (Wildman–Crippen MR) is 105 cm³/mol. The Balaban J connectivity index is 1.78. The van der Waals surface area contributed by atoms with Gasteiger partial charge in [0.15, 0.2) is 0 Å². The number of rotatable bonds is 3. The van der Waals surface area contributed by atoms with Crippen molar-refractivity contribution in [1.29, 1.82) is 0 Å². The molecule has 1 N–H and O–H groups in total. The van der Waals surface area contributed by atoms with E-state index in [1.165, 1.54) is 10.8 Å². The van der Waals surface area contributed by atoms with Crippen LogP contribution in [0.15, 0.2) is 89.1 Å². The highest BCUT2D eigenvalue weighted by Gasteiger charge is 2.05. The lowest BCUT2D eigenvalue weighted by Crippen LogP contribution is -1.88. The Morgan fingerprint density at radius 3 is 1.88 bits per heavy atom. The molecule has 0 heterocycles. The normalized spacial score (nSPS) is 11.8. The van der Waals surface area contributed by atoms with Crippen LogP contribution in [0.2, 0.25) is 0 Å². The lowest BCUT2D eigenvalue weighted by atomic mass is 9.97. The monoisotopic (exact) mass is 324 g/mol. The highest BCUT2D eigenvalue weighted by atomic mass is 16.3. The number of phenols is 1. The number of benzene rings is 4. The van der Waals surface area contributed by atoms with Gasteiger partial charge in [-0.3, -0.25) is 0 Å². The second-order valence-electron chi connectivity index (χ2n) is 5.78. The zero-order valence-corrected chi connectivity index (χ0v) is 13.5. The van der Waals surface area contributed by atoms with E-state index in [9.17, 15) is 5.11 Å². The molecule has 0 radical (unpaired) electrons. The van der Waals surface area contributed by atoms with Crippen LogP contribution in [0.4, 0.5) is 0 Å². The molecular formula is C22H16N2O. The quantitative estimate of drug-likeness (QED) is 0.316.